The third-order valence-corrected chi connectivity index (χ3v) is 3.64. The van der Waals surface area contributed by atoms with E-state index in [1.54, 1.807) is 0 Å². The van der Waals surface area contributed by atoms with Gasteiger partial charge in [-0.05, 0) is 12.0 Å². The molecule has 1 amide bonds. The van der Waals surface area contributed by atoms with Crippen LogP contribution in [-0.2, 0) is 10.0 Å². The van der Waals surface area contributed by atoms with Gasteiger partial charge in [0.25, 0.3) is 5.91 Å². The second kappa shape index (κ2) is 6.77. The van der Waals surface area contributed by atoms with Crippen LogP contribution in [0, 0.1) is 5.92 Å². The zero-order valence-electron chi connectivity index (χ0n) is 12.5. The van der Waals surface area contributed by atoms with Crippen LogP contribution < -0.4 is 19.9 Å². The van der Waals surface area contributed by atoms with Gasteiger partial charge in [-0.1, -0.05) is 13.8 Å². The molecule has 0 radical (unpaired) electrons. The Kier molecular flexibility index (Phi) is 5.56. The molecule has 0 aliphatic carbocycles. The number of ether oxygens (including phenoxy) is 2. The summed E-state index contributed by atoms with van der Waals surface area (Å²) in [5, 5.41) is 7.83. The lowest BCUT2D eigenvalue weighted by Crippen LogP contribution is -2.28. The van der Waals surface area contributed by atoms with Crippen molar-refractivity contribution in [3.05, 3.63) is 17.7 Å². The number of nitrogens with one attached hydrogen (secondary N) is 1. The Morgan fingerprint density at radius 3 is 2.24 bits per heavy atom. The van der Waals surface area contributed by atoms with Gasteiger partial charge in [0.05, 0.1) is 19.8 Å². The smallest absolute Gasteiger partial charge is 0.255 e. The van der Waals surface area contributed by atoms with Gasteiger partial charge in [0.15, 0.2) is 0 Å². The molecule has 8 heteroatoms. The number of benzene rings is 1. The Balaban J connectivity index is 3.34. The van der Waals surface area contributed by atoms with Crippen LogP contribution in [-0.4, -0.2) is 35.1 Å². The number of primary sulfonamides is 1. The summed E-state index contributed by atoms with van der Waals surface area (Å²) in [6, 6.07) is 2.48. The summed E-state index contributed by atoms with van der Waals surface area (Å²) in [5.74, 6) is 0.0549. The molecule has 1 rings (SSSR count). The van der Waals surface area contributed by atoms with E-state index in [2.05, 4.69) is 5.32 Å². The molecule has 0 fully saturated rings. The van der Waals surface area contributed by atoms with Crippen molar-refractivity contribution < 1.29 is 22.7 Å². The summed E-state index contributed by atoms with van der Waals surface area (Å²) >= 11 is 0. The second-order valence-corrected chi connectivity index (χ2v) is 6.38. The third kappa shape index (κ3) is 4.33. The quantitative estimate of drug-likeness (QED) is 0.804. The average molecular weight is 316 g/mol. The minimum atomic E-state index is -4.02. The highest BCUT2D eigenvalue weighted by Gasteiger charge is 2.22. The Labute approximate surface area is 124 Å². The van der Waals surface area contributed by atoms with E-state index < -0.39 is 15.9 Å². The van der Waals surface area contributed by atoms with Gasteiger partial charge in [-0.2, -0.15) is 0 Å². The third-order valence-electron chi connectivity index (χ3n) is 2.71. The van der Waals surface area contributed by atoms with Crippen molar-refractivity contribution >= 4 is 15.9 Å². The summed E-state index contributed by atoms with van der Waals surface area (Å²) in [6.45, 7) is 4.35. The van der Waals surface area contributed by atoms with E-state index in [-0.39, 0.29) is 27.9 Å². The number of rotatable bonds is 6. The van der Waals surface area contributed by atoms with E-state index in [1.165, 1.54) is 20.3 Å². The molecule has 0 heterocycles. The fourth-order valence-corrected chi connectivity index (χ4v) is 2.37. The Hall–Kier alpha value is -1.80. The number of nitrogens with two attached hydrogens (primary N) is 1. The van der Waals surface area contributed by atoms with Crippen molar-refractivity contribution in [2.24, 2.45) is 11.1 Å². The van der Waals surface area contributed by atoms with Gasteiger partial charge in [-0.25, -0.2) is 13.6 Å². The molecule has 0 saturated carbocycles. The molecule has 21 heavy (non-hydrogen) atoms. The Morgan fingerprint density at radius 2 is 1.81 bits per heavy atom. The Morgan fingerprint density at radius 1 is 1.24 bits per heavy atom. The first-order chi connectivity index (χ1) is 9.70. The van der Waals surface area contributed by atoms with E-state index in [1.807, 2.05) is 13.8 Å². The molecule has 0 atom stereocenters. The predicted octanol–water partition coefficient (Wildman–Crippen LogP) is 0.737. The standard InChI is InChI=1S/C13H20N2O5S/c1-8(2)7-15-13(16)9-5-12(21(14,17)18)11(20-4)6-10(9)19-3/h5-6,8H,7H2,1-4H3,(H,15,16)(H2,14,17,18). The monoisotopic (exact) mass is 316 g/mol. The molecule has 118 valence electrons. The van der Waals surface area contributed by atoms with Gasteiger partial charge in [-0.15, -0.1) is 0 Å². The fourth-order valence-electron chi connectivity index (χ4n) is 1.66. The van der Waals surface area contributed by atoms with Gasteiger partial charge >= 0.3 is 0 Å². The molecule has 0 aromatic heterocycles. The molecular weight excluding hydrogens is 296 g/mol. The van der Waals surface area contributed by atoms with Gasteiger partial charge < -0.3 is 14.8 Å². The van der Waals surface area contributed by atoms with Crippen LogP contribution in [0.2, 0.25) is 0 Å². The van der Waals surface area contributed by atoms with Crippen LogP contribution in [0.25, 0.3) is 0 Å². The lowest BCUT2D eigenvalue weighted by atomic mass is 10.1. The minimum absolute atomic E-state index is 0.0229. The zero-order chi connectivity index (χ0) is 16.2. The fraction of sp³-hybridized carbons (Fsp3) is 0.462. The molecule has 0 saturated heterocycles. The van der Waals surface area contributed by atoms with E-state index in [4.69, 9.17) is 14.6 Å². The summed E-state index contributed by atoms with van der Waals surface area (Å²) < 4.78 is 33.2. The number of carbonyl (C=O) groups is 1. The number of hydrogen-bond acceptors (Lipinski definition) is 5. The van der Waals surface area contributed by atoms with Crippen molar-refractivity contribution in [2.45, 2.75) is 18.7 Å². The molecule has 0 bridgehead atoms. The second-order valence-electron chi connectivity index (χ2n) is 4.85. The molecule has 3 N–H and O–H groups in total. The summed E-state index contributed by atoms with van der Waals surface area (Å²) in [7, 11) is -1.33. The van der Waals surface area contributed by atoms with E-state index in [0.29, 0.717) is 6.54 Å². The van der Waals surface area contributed by atoms with E-state index >= 15 is 0 Å². The maximum atomic E-state index is 12.1. The predicted molar refractivity (Wildman–Crippen MR) is 78.1 cm³/mol. The zero-order valence-corrected chi connectivity index (χ0v) is 13.3. The SMILES string of the molecule is COc1cc(OC)c(S(N)(=O)=O)cc1C(=O)NCC(C)C. The molecule has 0 aliphatic rings. The average Bonchev–Trinajstić information content (AvgIpc) is 2.42. The number of carbonyl (C=O) groups excluding carboxylic acids is 1. The molecule has 1 aromatic rings. The highest BCUT2D eigenvalue weighted by Crippen LogP contribution is 2.31. The van der Waals surface area contributed by atoms with Crippen LogP contribution in [0.3, 0.4) is 0 Å². The van der Waals surface area contributed by atoms with Crippen LogP contribution >= 0.6 is 0 Å². The Bertz CT molecular complexity index is 626. The lowest BCUT2D eigenvalue weighted by molar-refractivity contribution is 0.0945. The summed E-state index contributed by atoms with van der Waals surface area (Å²) in [4.78, 5) is 11.9. The topological polar surface area (TPSA) is 108 Å². The van der Waals surface area contributed by atoms with Gasteiger partial charge in [0, 0.05) is 12.6 Å². The summed E-state index contributed by atoms with van der Waals surface area (Å²) in [5.41, 5.74) is 0.0861. The van der Waals surface area contributed by atoms with Crippen LogP contribution in [0.15, 0.2) is 17.0 Å². The molecule has 0 unspecified atom stereocenters. The van der Waals surface area contributed by atoms with Crippen molar-refractivity contribution in [3.63, 3.8) is 0 Å². The molecule has 1 aromatic carbocycles. The number of sulfonamides is 1. The largest absolute Gasteiger partial charge is 0.496 e. The molecule has 0 aliphatic heterocycles. The summed E-state index contributed by atoms with van der Waals surface area (Å²) in [6.07, 6.45) is 0. The maximum Gasteiger partial charge on any atom is 0.255 e. The van der Waals surface area contributed by atoms with Crippen LogP contribution in [0.5, 0.6) is 11.5 Å². The van der Waals surface area contributed by atoms with Gasteiger partial charge in [0.2, 0.25) is 10.0 Å². The molecule has 7 nitrogen and oxygen atoms in total. The first kappa shape index (κ1) is 17.3. The number of hydrogen-bond donors (Lipinski definition) is 2. The number of amides is 1. The van der Waals surface area contributed by atoms with Gasteiger partial charge in [-0.3, -0.25) is 4.79 Å². The normalized spacial score (nSPS) is 11.3. The van der Waals surface area contributed by atoms with Crippen molar-refractivity contribution in [1.82, 2.24) is 5.32 Å². The van der Waals surface area contributed by atoms with Crippen LogP contribution in [0.4, 0.5) is 0 Å². The van der Waals surface area contributed by atoms with Crippen LogP contribution in [0.1, 0.15) is 24.2 Å². The lowest BCUT2D eigenvalue weighted by Gasteiger charge is -2.14. The van der Waals surface area contributed by atoms with E-state index in [9.17, 15) is 13.2 Å². The first-order valence-corrected chi connectivity index (χ1v) is 7.82. The molecule has 0 spiro atoms. The first-order valence-electron chi connectivity index (χ1n) is 6.27. The highest BCUT2D eigenvalue weighted by molar-refractivity contribution is 7.89. The van der Waals surface area contributed by atoms with Crippen molar-refractivity contribution in [2.75, 3.05) is 20.8 Å². The minimum Gasteiger partial charge on any atom is -0.496 e. The highest BCUT2D eigenvalue weighted by atomic mass is 32.2. The molecular formula is C13H20N2O5S. The van der Waals surface area contributed by atoms with Crippen molar-refractivity contribution in [3.8, 4) is 11.5 Å². The number of methoxy groups -OCH3 is 2. The maximum absolute atomic E-state index is 12.1. The van der Waals surface area contributed by atoms with Crippen molar-refractivity contribution in [1.29, 1.82) is 0 Å². The van der Waals surface area contributed by atoms with Gasteiger partial charge in [0.1, 0.15) is 16.4 Å². The van der Waals surface area contributed by atoms with E-state index in [0.717, 1.165) is 6.07 Å².